The van der Waals surface area contributed by atoms with Crippen molar-refractivity contribution in [3.8, 4) is 11.8 Å². The smallest absolute Gasteiger partial charge is 0.325 e. The highest BCUT2D eigenvalue weighted by Crippen LogP contribution is 2.29. The second-order valence-corrected chi connectivity index (χ2v) is 7.96. The summed E-state index contributed by atoms with van der Waals surface area (Å²) >= 11 is 0. The molecule has 1 aromatic carbocycles. The van der Waals surface area contributed by atoms with Crippen LogP contribution in [0.4, 0.5) is 4.79 Å². The number of piperazine rings is 1. The van der Waals surface area contributed by atoms with Gasteiger partial charge in [-0.05, 0) is 38.5 Å². The number of rotatable bonds is 6. The predicted octanol–water partition coefficient (Wildman–Crippen LogP) is 1.39. The van der Waals surface area contributed by atoms with Gasteiger partial charge in [-0.2, -0.15) is 5.26 Å². The van der Waals surface area contributed by atoms with Crippen LogP contribution in [-0.4, -0.2) is 84.4 Å². The highest BCUT2D eigenvalue weighted by atomic mass is 16.5. The Labute approximate surface area is 183 Å². The van der Waals surface area contributed by atoms with Gasteiger partial charge in [-0.1, -0.05) is 6.07 Å². The molecule has 3 rings (SSSR count). The van der Waals surface area contributed by atoms with E-state index in [-0.39, 0.29) is 30.4 Å². The summed E-state index contributed by atoms with van der Waals surface area (Å²) in [6.45, 7) is 9.16. The Bertz CT molecular complexity index is 901. The summed E-state index contributed by atoms with van der Waals surface area (Å²) < 4.78 is 5.85. The van der Waals surface area contributed by atoms with Crippen LogP contribution < -0.4 is 10.5 Å². The van der Waals surface area contributed by atoms with Gasteiger partial charge in [-0.3, -0.25) is 19.6 Å². The van der Waals surface area contributed by atoms with Crippen molar-refractivity contribution in [1.29, 1.82) is 5.26 Å². The van der Waals surface area contributed by atoms with Crippen molar-refractivity contribution < 1.29 is 14.3 Å². The lowest BCUT2D eigenvalue weighted by molar-refractivity contribution is -0.119. The molecule has 0 saturated carbocycles. The van der Waals surface area contributed by atoms with Crippen LogP contribution in [0.25, 0.3) is 0 Å². The minimum Gasteiger partial charge on any atom is -0.493 e. The first-order chi connectivity index (χ1) is 14.8. The van der Waals surface area contributed by atoms with Crippen molar-refractivity contribution in [2.45, 2.75) is 32.7 Å². The van der Waals surface area contributed by atoms with Crippen LogP contribution in [0.5, 0.6) is 5.75 Å². The van der Waals surface area contributed by atoms with E-state index in [0.717, 1.165) is 11.1 Å². The van der Waals surface area contributed by atoms with Crippen LogP contribution in [0.15, 0.2) is 23.2 Å². The molecule has 3 amide bonds. The highest BCUT2D eigenvalue weighted by molar-refractivity contribution is 6.10. The van der Waals surface area contributed by atoms with Gasteiger partial charge in [0.15, 0.2) is 0 Å². The zero-order valence-corrected chi connectivity index (χ0v) is 18.4. The number of amides is 3. The molecule has 0 bridgehead atoms. The molecule has 1 fully saturated rings. The van der Waals surface area contributed by atoms with Gasteiger partial charge in [0, 0.05) is 26.2 Å². The first-order valence-electron chi connectivity index (χ1n) is 10.7. The number of amidine groups is 1. The summed E-state index contributed by atoms with van der Waals surface area (Å²) in [4.78, 5) is 34.6. The standard InChI is InChI=1S/C22H30N6O3/c1-4-31-19-11-17(15(2)12-23)5-6-18(19)21-25-16(3)13-28(21)22(30)27-9-7-26(8-10-27)14-20(24)29/h5-6,11,15-16H,4,7-10,13-14H2,1-3H3,(H2,24,29). The normalized spacial score (nSPS) is 20.2. The molecule has 2 N–H and O–H groups in total. The number of benzene rings is 1. The van der Waals surface area contributed by atoms with Crippen LogP contribution in [0, 0.1) is 11.3 Å². The van der Waals surface area contributed by atoms with E-state index in [1.807, 2.05) is 43.9 Å². The lowest BCUT2D eigenvalue weighted by atomic mass is 10.00. The summed E-state index contributed by atoms with van der Waals surface area (Å²) in [5, 5.41) is 9.25. The highest BCUT2D eigenvalue weighted by Gasteiger charge is 2.34. The van der Waals surface area contributed by atoms with Crippen LogP contribution in [0.1, 0.15) is 37.8 Å². The quantitative estimate of drug-likeness (QED) is 0.738. The van der Waals surface area contributed by atoms with Gasteiger partial charge < -0.3 is 15.4 Å². The lowest BCUT2D eigenvalue weighted by Gasteiger charge is -2.36. The molecule has 9 nitrogen and oxygen atoms in total. The van der Waals surface area contributed by atoms with Crippen molar-refractivity contribution in [1.82, 2.24) is 14.7 Å². The van der Waals surface area contributed by atoms with Crippen molar-refractivity contribution in [2.75, 3.05) is 45.9 Å². The second-order valence-electron chi connectivity index (χ2n) is 7.96. The number of ether oxygens (including phenoxy) is 1. The SMILES string of the molecule is CCOc1cc(C(C)C#N)ccc1C1=NC(C)CN1C(=O)N1CCN(CC(N)=O)CC1. The van der Waals surface area contributed by atoms with Crippen molar-refractivity contribution in [3.63, 3.8) is 0 Å². The zero-order chi connectivity index (χ0) is 22.5. The third-order valence-electron chi connectivity index (χ3n) is 5.54. The van der Waals surface area contributed by atoms with E-state index in [9.17, 15) is 14.9 Å². The predicted molar refractivity (Wildman–Crippen MR) is 117 cm³/mol. The third kappa shape index (κ3) is 5.14. The number of hydrogen-bond acceptors (Lipinski definition) is 6. The monoisotopic (exact) mass is 426 g/mol. The summed E-state index contributed by atoms with van der Waals surface area (Å²) in [5.41, 5.74) is 6.89. The summed E-state index contributed by atoms with van der Waals surface area (Å²) in [5.74, 6) is 0.600. The van der Waals surface area contributed by atoms with E-state index in [2.05, 4.69) is 6.07 Å². The molecule has 0 spiro atoms. The second kappa shape index (κ2) is 9.79. The number of primary amides is 1. The fourth-order valence-electron chi connectivity index (χ4n) is 3.88. The van der Waals surface area contributed by atoms with Crippen LogP contribution in [0.3, 0.4) is 0 Å². The zero-order valence-electron chi connectivity index (χ0n) is 18.4. The number of nitriles is 1. The maximum Gasteiger partial charge on any atom is 0.325 e. The largest absolute Gasteiger partial charge is 0.493 e. The Morgan fingerprint density at radius 2 is 2.03 bits per heavy atom. The van der Waals surface area contributed by atoms with Crippen LogP contribution in [0.2, 0.25) is 0 Å². The maximum atomic E-state index is 13.3. The van der Waals surface area contributed by atoms with Crippen molar-refractivity contribution in [3.05, 3.63) is 29.3 Å². The first-order valence-corrected chi connectivity index (χ1v) is 10.7. The number of hydrogen-bond donors (Lipinski definition) is 1. The Morgan fingerprint density at radius 1 is 1.32 bits per heavy atom. The molecule has 31 heavy (non-hydrogen) atoms. The number of carbonyl (C=O) groups is 2. The van der Waals surface area contributed by atoms with E-state index in [4.69, 9.17) is 15.5 Å². The lowest BCUT2D eigenvalue weighted by Crippen LogP contribution is -2.54. The topological polar surface area (TPSA) is 115 Å². The minimum atomic E-state index is -0.361. The molecule has 2 unspecified atom stereocenters. The Hall–Kier alpha value is -3.12. The fraction of sp³-hybridized carbons (Fsp3) is 0.545. The molecular formula is C22H30N6O3. The third-order valence-corrected chi connectivity index (χ3v) is 5.54. The average molecular weight is 427 g/mol. The van der Waals surface area contributed by atoms with Gasteiger partial charge in [0.05, 0.1) is 43.3 Å². The summed E-state index contributed by atoms with van der Waals surface area (Å²) in [6.07, 6.45) is 0. The van der Waals surface area contributed by atoms with Gasteiger partial charge in [0.1, 0.15) is 11.6 Å². The summed E-state index contributed by atoms with van der Waals surface area (Å²) in [7, 11) is 0. The molecule has 2 atom stereocenters. The molecule has 2 aliphatic rings. The molecule has 0 radical (unpaired) electrons. The molecular weight excluding hydrogens is 396 g/mol. The van der Waals surface area contributed by atoms with Crippen molar-refractivity contribution >= 4 is 17.8 Å². The van der Waals surface area contributed by atoms with Gasteiger partial charge in [0.2, 0.25) is 5.91 Å². The van der Waals surface area contributed by atoms with Gasteiger partial charge in [-0.25, -0.2) is 4.79 Å². The Morgan fingerprint density at radius 3 is 2.65 bits per heavy atom. The molecule has 1 aromatic rings. The minimum absolute atomic E-state index is 0.0257. The summed E-state index contributed by atoms with van der Waals surface area (Å²) in [6, 6.07) is 7.76. The van der Waals surface area contributed by atoms with Gasteiger partial charge in [0.25, 0.3) is 0 Å². The molecule has 0 aromatic heterocycles. The number of nitrogens with two attached hydrogens (primary N) is 1. The van der Waals surface area contributed by atoms with E-state index >= 15 is 0 Å². The number of urea groups is 1. The number of nitrogens with zero attached hydrogens (tertiary/aromatic N) is 5. The van der Waals surface area contributed by atoms with Crippen LogP contribution in [-0.2, 0) is 4.79 Å². The Balaban J connectivity index is 1.81. The van der Waals surface area contributed by atoms with E-state index in [0.29, 0.717) is 50.9 Å². The number of aliphatic imine (C=N–C) groups is 1. The van der Waals surface area contributed by atoms with Crippen molar-refractivity contribution in [2.24, 2.45) is 10.7 Å². The Kier molecular flexibility index (Phi) is 7.13. The molecule has 1 saturated heterocycles. The molecule has 9 heteroatoms. The van der Waals surface area contributed by atoms with E-state index < -0.39 is 0 Å². The van der Waals surface area contributed by atoms with Gasteiger partial charge in [-0.15, -0.1) is 0 Å². The van der Waals surface area contributed by atoms with Crippen LogP contribution >= 0.6 is 0 Å². The first kappa shape index (κ1) is 22.6. The molecule has 2 aliphatic heterocycles. The molecule has 0 aliphatic carbocycles. The molecule has 2 heterocycles. The van der Waals surface area contributed by atoms with E-state index in [1.165, 1.54) is 0 Å². The molecule has 166 valence electrons. The average Bonchev–Trinajstić information content (AvgIpc) is 3.14. The fourth-order valence-corrected chi connectivity index (χ4v) is 3.88. The number of carbonyl (C=O) groups excluding carboxylic acids is 2. The van der Waals surface area contributed by atoms with Gasteiger partial charge >= 0.3 is 6.03 Å². The van der Waals surface area contributed by atoms with E-state index in [1.54, 1.807) is 9.80 Å². The maximum absolute atomic E-state index is 13.3.